The molecule has 0 saturated heterocycles. The minimum atomic E-state index is -0.339. The number of nitrogens with zero attached hydrogens (tertiary/aromatic N) is 4. The number of carbonyl (C=O) groups is 1. The Hall–Kier alpha value is -1.96. The first-order valence-corrected chi connectivity index (χ1v) is 5.70. The molecule has 0 unspecified atom stereocenters. The highest BCUT2D eigenvalue weighted by Crippen LogP contribution is 2.12. The molecule has 0 aliphatic heterocycles. The zero-order valence-corrected chi connectivity index (χ0v) is 10.2. The summed E-state index contributed by atoms with van der Waals surface area (Å²) < 4.78 is 4.38. The lowest BCUT2D eigenvalue weighted by Crippen LogP contribution is -2.27. The number of nitrogen functional groups attached to an aromatic ring is 1. The van der Waals surface area contributed by atoms with Crippen LogP contribution in [0.2, 0.25) is 0 Å². The van der Waals surface area contributed by atoms with Crippen molar-refractivity contribution in [2.75, 3.05) is 12.8 Å². The van der Waals surface area contributed by atoms with Crippen molar-refractivity contribution in [2.45, 2.75) is 13.5 Å². The standard InChI is InChI=1S/C9H11N5O2S/c1-5-11-6(4-17-5)3-14(2)9(15)7-8(10)13-16-12-7/h4H,3H2,1-2H3,(H2,10,13). The minimum Gasteiger partial charge on any atom is -0.379 e. The van der Waals surface area contributed by atoms with Crippen LogP contribution < -0.4 is 5.73 Å². The van der Waals surface area contributed by atoms with Crippen LogP contribution >= 0.6 is 11.3 Å². The van der Waals surface area contributed by atoms with Crippen LogP contribution in [0.4, 0.5) is 5.82 Å². The number of hydrogen-bond acceptors (Lipinski definition) is 7. The number of rotatable bonds is 3. The van der Waals surface area contributed by atoms with E-state index in [1.807, 2.05) is 12.3 Å². The fraction of sp³-hybridized carbons (Fsp3) is 0.333. The Morgan fingerprint density at radius 1 is 1.59 bits per heavy atom. The Labute approximate surface area is 101 Å². The zero-order valence-electron chi connectivity index (χ0n) is 9.38. The molecule has 0 aliphatic carbocycles. The van der Waals surface area contributed by atoms with Crippen LogP contribution in [0, 0.1) is 6.92 Å². The van der Waals surface area contributed by atoms with Gasteiger partial charge in [-0.3, -0.25) is 4.79 Å². The summed E-state index contributed by atoms with van der Waals surface area (Å²) in [5.74, 6) is -0.342. The molecule has 1 amide bonds. The summed E-state index contributed by atoms with van der Waals surface area (Å²) in [7, 11) is 1.64. The number of carbonyl (C=O) groups excluding carboxylic acids is 1. The van der Waals surface area contributed by atoms with E-state index in [4.69, 9.17) is 5.73 Å². The minimum absolute atomic E-state index is 0.00342. The van der Waals surface area contributed by atoms with Gasteiger partial charge in [0.25, 0.3) is 5.91 Å². The number of anilines is 1. The topological polar surface area (TPSA) is 98.1 Å². The number of aryl methyl sites for hydroxylation is 1. The molecule has 7 nitrogen and oxygen atoms in total. The van der Waals surface area contributed by atoms with Crippen molar-refractivity contribution < 1.29 is 9.42 Å². The molecule has 17 heavy (non-hydrogen) atoms. The third-order valence-electron chi connectivity index (χ3n) is 2.13. The van der Waals surface area contributed by atoms with Gasteiger partial charge < -0.3 is 10.6 Å². The first kappa shape index (κ1) is 11.5. The molecule has 0 atom stereocenters. The largest absolute Gasteiger partial charge is 0.379 e. The van der Waals surface area contributed by atoms with Gasteiger partial charge in [-0.2, -0.15) is 0 Å². The van der Waals surface area contributed by atoms with E-state index in [-0.39, 0.29) is 17.4 Å². The molecule has 2 aromatic heterocycles. The SMILES string of the molecule is Cc1nc(CN(C)C(=O)c2nonc2N)cs1. The van der Waals surface area contributed by atoms with Crippen LogP contribution in [0.25, 0.3) is 0 Å². The van der Waals surface area contributed by atoms with Gasteiger partial charge in [-0.25, -0.2) is 9.61 Å². The van der Waals surface area contributed by atoms with Crippen LogP contribution in [-0.4, -0.2) is 33.2 Å². The van der Waals surface area contributed by atoms with Crippen LogP contribution in [-0.2, 0) is 6.54 Å². The Morgan fingerprint density at radius 2 is 2.35 bits per heavy atom. The van der Waals surface area contributed by atoms with Gasteiger partial charge in [-0.15, -0.1) is 11.3 Å². The van der Waals surface area contributed by atoms with Gasteiger partial charge in [0.15, 0.2) is 0 Å². The van der Waals surface area contributed by atoms with E-state index in [0.29, 0.717) is 6.54 Å². The van der Waals surface area contributed by atoms with Crippen molar-refractivity contribution in [1.29, 1.82) is 0 Å². The number of aromatic nitrogens is 3. The van der Waals surface area contributed by atoms with Gasteiger partial charge >= 0.3 is 0 Å². The third-order valence-corrected chi connectivity index (χ3v) is 2.95. The van der Waals surface area contributed by atoms with E-state index in [2.05, 4.69) is 19.9 Å². The number of nitrogens with two attached hydrogens (primary N) is 1. The molecule has 0 aliphatic rings. The lowest BCUT2D eigenvalue weighted by Gasteiger charge is -2.13. The van der Waals surface area contributed by atoms with Crippen molar-refractivity contribution in [3.8, 4) is 0 Å². The first-order valence-electron chi connectivity index (χ1n) is 4.82. The molecule has 2 aromatic rings. The molecule has 0 radical (unpaired) electrons. The van der Waals surface area contributed by atoms with Gasteiger partial charge in [0.2, 0.25) is 11.5 Å². The summed E-state index contributed by atoms with van der Waals surface area (Å²) in [5.41, 5.74) is 6.31. The molecule has 2 rings (SSSR count). The number of hydrogen-bond donors (Lipinski definition) is 1. The first-order chi connectivity index (χ1) is 8.08. The number of thiazole rings is 1. The predicted octanol–water partition coefficient (Wildman–Crippen LogP) is 0.689. The zero-order chi connectivity index (χ0) is 12.4. The maximum atomic E-state index is 11.9. The van der Waals surface area contributed by atoms with E-state index in [9.17, 15) is 4.79 Å². The summed E-state index contributed by atoms with van der Waals surface area (Å²) in [4.78, 5) is 17.6. The summed E-state index contributed by atoms with van der Waals surface area (Å²) in [5, 5.41) is 9.69. The molecule has 0 aromatic carbocycles. The molecular formula is C9H11N5O2S. The molecule has 2 heterocycles. The Balaban J connectivity index is 2.08. The molecule has 0 bridgehead atoms. The highest BCUT2D eigenvalue weighted by molar-refractivity contribution is 7.09. The summed E-state index contributed by atoms with van der Waals surface area (Å²) >= 11 is 1.54. The lowest BCUT2D eigenvalue weighted by atomic mass is 10.3. The average Bonchev–Trinajstić information content (AvgIpc) is 2.86. The predicted molar refractivity (Wildman–Crippen MR) is 61.4 cm³/mol. The molecule has 0 saturated carbocycles. The molecule has 0 fully saturated rings. The Morgan fingerprint density at radius 3 is 2.88 bits per heavy atom. The average molecular weight is 253 g/mol. The van der Waals surface area contributed by atoms with Crippen molar-refractivity contribution in [1.82, 2.24) is 20.2 Å². The maximum Gasteiger partial charge on any atom is 0.280 e. The van der Waals surface area contributed by atoms with Crippen LogP contribution in [0.1, 0.15) is 21.2 Å². The van der Waals surface area contributed by atoms with Gasteiger partial charge in [0.05, 0.1) is 17.2 Å². The molecule has 2 N–H and O–H groups in total. The van der Waals surface area contributed by atoms with Gasteiger partial charge in [-0.05, 0) is 17.2 Å². The summed E-state index contributed by atoms with van der Waals surface area (Å²) in [6, 6.07) is 0. The smallest absolute Gasteiger partial charge is 0.280 e. The Bertz CT molecular complexity index is 535. The molecular weight excluding hydrogens is 242 g/mol. The van der Waals surface area contributed by atoms with Gasteiger partial charge in [-0.1, -0.05) is 0 Å². The second-order valence-corrected chi connectivity index (χ2v) is 4.58. The van der Waals surface area contributed by atoms with E-state index in [0.717, 1.165) is 10.7 Å². The van der Waals surface area contributed by atoms with E-state index in [1.54, 1.807) is 7.05 Å². The van der Waals surface area contributed by atoms with Crippen molar-refractivity contribution in [3.63, 3.8) is 0 Å². The quantitative estimate of drug-likeness (QED) is 0.864. The number of amides is 1. The van der Waals surface area contributed by atoms with Gasteiger partial charge in [0, 0.05) is 12.4 Å². The molecule has 90 valence electrons. The van der Waals surface area contributed by atoms with Gasteiger partial charge in [0.1, 0.15) is 0 Å². The highest BCUT2D eigenvalue weighted by atomic mass is 32.1. The molecule has 0 spiro atoms. The summed E-state index contributed by atoms with van der Waals surface area (Å²) in [6.07, 6.45) is 0. The van der Waals surface area contributed by atoms with Crippen molar-refractivity contribution in [2.24, 2.45) is 0 Å². The molecule has 8 heteroatoms. The fourth-order valence-corrected chi connectivity index (χ4v) is 1.92. The fourth-order valence-electron chi connectivity index (χ4n) is 1.32. The van der Waals surface area contributed by atoms with E-state index >= 15 is 0 Å². The van der Waals surface area contributed by atoms with E-state index in [1.165, 1.54) is 16.2 Å². The van der Waals surface area contributed by atoms with Crippen LogP contribution in [0.15, 0.2) is 10.0 Å². The Kier molecular flexibility index (Phi) is 3.05. The normalized spacial score (nSPS) is 10.5. The van der Waals surface area contributed by atoms with Crippen LogP contribution in [0.5, 0.6) is 0 Å². The third kappa shape index (κ3) is 2.41. The van der Waals surface area contributed by atoms with Crippen LogP contribution in [0.3, 0.4) is 0 Å². The van der Waals surface area contributed by atoms with E-state index < -0.39 is 0 Å². The van der Waals surface area contributed by atoms with Crippen molar-refractivity contribution >= 4 is 23.1 Å². The highest BCUT2D eigenvalue weighted by Gasteiger charge is 2.20. The second kappa shape index (κ2) is 4.50. The lowest BCUT2D eigenvalue weighted by molar-refractivity contribution is 0.0773. The maximum absolute atomic E-state index is 11.9. The monoisotopic (exact) mass is 253 g/mol. The van der Waals surface area contributed by atoms with Crippen molar-refractivity contribution in [3.05, 3.63) is 21.8 Å². The second-order valence-electron chi connectivity index (χ2n) is 3.52. The summed E-state index contributed by atoms with van der Waals surface area (Å²) in [6.45, 7) is 2.31.